The highest BCUT2D eigenvalue weighted by Crippen LogP contribution is 2.31. The molecule has 0 bridgehead atoms. The summed E-state index contributed by atoms with van der Waals surface area (Å²) in [6.07, 6.45) is 1.95. The van der Waals surface area contributed by atoms with Gasteiger partial charge in [0, 0.05) is 12.6 Å². The van der Waals surface area contributed by atoms with Gasteiger partial charge in [0.1, 0.15) is 5.60 Å². The predicted molar refractivity (Wildman–Crippen MR) is 57.8 cm³/mol. The van der Waals surface area contributed by atoms with Gasteiger partial charge in [-0.1, -0.05) is 0 Å². The number of hydrogen-bond acceptors (Lipinski definition) is 3. The molecule has 2 atom stereocenters. The molecule has 4 heteroatoms. The molecule has 1 N–H and O–H groups in total. The zero-order valence-electron chi connectivity index (χ0n) is 9.75. The summed E-state index contributed by atoms with van der Waals surface area (Å²) in [6, 6.07) is 0.891. The standard InChI is InChI=1S/C11H20N2O2/c1-11(2,3)15-10(14)13-6-4-5-12-8-7-9(8)13/h8-9,12H,4-7H2,1-3H3. The van der Waals surface area contributed by atoms with E-state index >= 15 is 0 Å². The maximum absolute atomic E-state index is 11.9. The number of nitrogens with zero attached hydrogens (tertiary/aromatic N) is 1. The van der Waals surface area contributed by atoms with Crippen molar-refractivity contribution in [1.82, 2.24) is 10.2 Å². The number of fused-ring (bicyclic) bond motifs is 1. The lowest BCUT2D eigenvalue weighted by Crippen LogP contribution is -2.39. The van der Waals surface area contributed by atoms with Crippen molar-refractivity contribution in [2.24, 2.45) is 0 Å². The molecule has 0 aromatic carbocycles. The minimum Gasteiger partial charge on any atom is -0.444 e. The van der Waals surface area contributed by atoms with E-state index in [0.29, 0.717) is 12.1 Å². The fourth-order valence-electron chi connectivity index (χ4n) is 2.00. The minimum absolute atomic E-state index is 0.154. The van der Waals surface area contributed by atoms with Crippen LogP contribution >= 0.6 is 0 Å². The van der Waals surface area contributed by atoms with Crippen LogP contribution in [0.1, 0.15) is 33.6 Å². The van der Waals surface area contributed by atoms with E-state index in [0.717, 1.165) is 25.9 Å². The summed E-state index contributed by atoms with van der Waals surface area (Å²) in [5.41, 5.74) is -0.388. The Morgan fingerprint density at radius 2 is 2.20 bits per heavy atom. The summed E-state index contributed by atoms with van der Waals surface area (Å²) in [6.45, 7) is 7.56. The Balaban J connectivity index is 1.94. The third-order valence-corrected chi connectivity index (χ3v) is 2.77. The average molecular weight is 212 g/mol. The van der Waals surface area contributed by atoms with Gasteiger partial charge in [0.05, 0.1) is 6.04 Å². The van der Waals surface area contributed by atoms with Gasteiger partial charge in [-0.25, -0.2) is 4.79 Å². The molecule has 2 unspecified atom stereocenters. The number of ether oxygens (including phenoxy) is 1. The van der Waals surface area contributed by atoms with E-state index in [2.05, 4.69) is 5.32 Å². The minimum atomic E-state index is -0.388. The zero-order chi connectivity index (χ0) is 11.1. The number of nitrogens with one attached hydrogen (secondary N) is 1. The topological polar surface area (TPSA) is 41.6 Å². The van der Waals surface area contributed by atoms with Crippen LogP contribution in [-0.2, 0) is 4.74 Å². The first-order valence-corrected chi connectivity index (χ1v) is 5.70. The second kappa shape index (κ2) is 3.67. The second-order valence-electron chi connectivity index (χ2n) is 5.39. The Bertz CT molecular complexity index is 260. The van der Waals surface area contributed by atoms with Crippen molar-refractivity contribution < 1.29 is 9.53 Å². The highest BCUT2D eigenvalue weighted by molar-refractivity contribution is 5.69. The Hall–Kier alpha value is -0.770. The van der Waals surface area contributed by atoms with Gasteiger partial charge in [-0.15, -0.1) is 0 Å². The number of hydrogen-bond donors (Lipinski definition) is 1. The molecule has 1 aliphatic carbocycles. The van der Waals surface area contributed by atoms with E-state index in [9.17, 15) is 4.79 Å². The normalized spacial score (nSPS) is 30.5. The number of carbonyl (C=O) groups is 1. The van der Waals surface area contributed by atoms with Crippen LogP contribution in [0.25, 0.3) is 0 Å². The van der Waals surface area contributed by atoms with E-state index in [-0.39, 0.29) is 11.7 Å². The molecule has 15 heavy (non-hydrogen) atoms. The van der Waals surface area contributed by atoms with Gasteiger partial charge >= 0.3 is 6.09 Å². The van der Waals surface area contributed by atoms with Crippen LogP contribution < -0.4 is 5.32 Å². The summed E-state index contributed by atoms with van der Waals surface area (Å²) in [7, 11) is 0. The quantitative estimate of drug-likeness (QED) is 0.659. The summed E-state index contributed by atoms with van der Waals surface area (Å²) < 4.78 is 5.39. The van der Waals surface area contributed by atoms with Gasteiger partial charge < -0.3 is 15.0 Å². The zero-order valence-corrected chi connectivity index (χ0v) is 9.75. The molecule has 0 spiro atoms. The van der Waals surface area contributed by atoms with Crippen LogP contribution in [0.3, 0.4) is 0 Å². The summed E-state index contributed by atoms with van der Waals surface area (Å²) in [5.74, 6) is 0. The number of amides is 1. The monoisotopic (exact) mass is 212 g/mol. The molecule has 86 valence electrons. The molecule has 4 nitrogen and oxygen atoms in total. The lowest BCUT2D eigenvalue weighted by Gasteiger charge is -2.26. The highest BCUT2D eigenvalue weighted by Gasteiger charge is 2.45. The van der Waals surface area contributed by atoms with Crippen LogP contribution in [0, 0.1) is 0 Å². The lowest BCUT2D eigenvalue weighted by atomic mass is 10.2. The van der Waals surface area contributed by atoms with Gasteiger partial charge in [-0.3, -0.25) is 0 Å². The Labute approximate surface area is 91.0 Å². The molecule has 2 fully saturated rings. The van der Waals surface area contributed by atoms with E-state index < -0.39 is 0 Å². The predicted octanol–water partition coefficient (Wildman–Crippen LogP) is 1.36. The van der Waals surface area contributed by atoms with Gasteiger partial charge in [0.25, 0.3) is 0 Å². The summed E-state index contributed by atoms with van der Waals surface area (Å²) in [5, 5.41) is 3.42. The third-order valence-electron chi connectivity index (χ3n) is 2.77. The van der Waals surface area contributed by atoms with Gasteiger partial charge in [0.2, 0.25) is 0 Å². The third kappa shape index (κ3) is 2.62. The molecular weight excluding hydrogens is 192 g/mol. The highest BCUT2D eigenvalue weighted by atomic mass is 16.6. The lowest BCUT2D eigenvalue weighted by molar-refractivity contribution is 0.0236. The van der Waals surface area contributed by atoms with E-state index in [1.54, 1.807) is 0 Å². The molecule has 1 saturated carbocycles. The van der Waals surface area contributed by atoms with Crippen LogP contribution in [0.4, 0.5) is 4.79 Å². The molecule has 2 aliphatic rings. The fourth-order valence-corrected chi connectivity index (χ4v) is 2.00. The molecule has 2 rings (SSSR count). The van der Waals surface area contributed by atoms with Crippen molar-refractivity contribution in [3.05, 3.63) is 0 Å². The van der Waals surface area contributed by atoms with Gasteiger partial charge in [-0.05, 0) is 40.2 Å². The van der Waals surface area contributed by atoms with Gasteiger partial charge in [0.15, 0.2) is 0 Å². The van der Waals surface area contributed by atoms with Crippen molar-refractivity contribution in [2.75, 3.05) is 13.1 Å². The molecule has 0 radical (unpaired) electrons. The van der Waals surface area contributed by atoms with Crippen molar-refractivity contribution >= 4 is 6.09 Å². The Morgan fingerprint density at radius 1 is 1.47 bits per heavy atom. The molecule has 1 amide bonds. The Morgan fingerprint density at radius 3 is 2.87 bits per heavy atom. The first kappa shape index (κ1) is 10.7. The van der Waals surface area contributed by atoms with Crippen LogP contribution in [0.15, 0.2) is 0 Å². The maximum Gasteiger partial charge on any atom is 0.410 e. The van der Waals surface area contributed by atoms with E-state index in [4.69, 9.17) is 4.74 Å². The molecule has 1 saturated heterocycles. The van der Waals surface area contributed by atoms with E-state index in [1.807, 2.05) is 25.7 Å². The SMILES string of the molecule is CC(C)(C)OC(=O)N1CCCNC2CC21. The first-order valence-electron chi connectivity index (χ1n) is 5.70. The van der Waals surface area contributed by atoms with Crippen molar-refractivity contribution in [3.8, 4) is 0 Å². The van der Waals surface area contributed by atoms with Crippen LogP contribution in [-0.4, -0.2) is 41.8 Å². The van der Waals surface area contributed by atoms with Crippen molar-refractivity contribution in [2.45, 2.75) is 51.3 Å². The Kier molecular flexibility index (Phi) is 2.63. The first-order chi connectivity index (χ1) is 6.97. The molecular formula is C11H20N2O2. The second-order valence-corrected chi connectivity index (χ2v) is 5.39. The van der Waals surface area contributed by atoms with Gasteiger partial charge in [-0.2, -0.15) is 0 Å². The van der Waals surface area contributed by atoms with Crippen LogP contribution in [0.5, 0.6) is 0 Å². The number of carbonyl (C=O) groups excluding carboxylic acids is 1. The van der Waals surface area contributed by atoms with Crippen molar-refractivity contribution in [1.29, 1.82) is 0 Å². The average Bonchev–Trinajstić information content (AvgIpc) is 2.75. The van der Waals surface area contributed by atoms with Crippen LogP contribution in [0.2, 0.25) is 0 Å². The summed E-state index contributed by atoms with van der Waals surface area (Å²) in [4.78, 5) is 13.8. The smallest absolute Gasteiger partial charge is 0.410 e. The molecule has 0 aromatic heterocycles. The van der Waals surface area contributed by atoms with E-state index in [1.165, 1.54) is 0 Å². The molecule has 1 heterocycles. The largest absolute Gasteiger partial charge is 0.444 e. The fraction of sp³-hybridized carbons (Fsp3) is 0.909. The molecule has 1 aliphatic heterocycles. The summed E-state index contributed by atoms with van der Waals surface area (Å²) >= 11 is 0. The maximum atomic E-state index is 11.9. The van der Waals surface area contributed by atoms with Crippen molar-refractivity contribution in [3.63, 3.8) is 0 Å². The molecule has 0 aromatic rings. The number of rotatable bonds is 0.